The first-order chi connectivity index (χ1) is 13.1. The van der Waals surface area contributed by atoms with E-state index in [0.29, 0.717) is 22.5 Å². The van der Waals surface area contributed by atoms with Crippen molar-refractivity contribution >= 4 is 40.7 Å². The first kappa shape index (κ1) is 18.3. The van der Waals surface area contributed by atoms with E-state index in [1.807, 2.05) is 43.3 Å². The van der Waals surface area contributed by atoms with Crippen molar-refractivity contribution in [1.29, 1.82) is 0 Å². The predicted molar refractivity (Wildman–Crippen MR) is 110 cm³/mol. The molecule has 0 N–H and O–H groups in total. The van der Waals surface area contributed by atoms with Crippen LogP contribution in [0.3, 0.4) is 0 Å². The number of rotatable bonds is 4. The van der Waals surface area contributed by atoms with Crippen LogP contribution in [0, 0.1) is 0 Å². The molecule has 0 amide bonds. The van der Waals surface area contributed by atoms with E-state index in [1.54, 1.807) is 22.5 Å². The van der Waals surface area contributed by atoms with Crippen LogP contribution in [-0.4, -0.2) is 32.4 Å². The monoisotopic (exact) mass is 418 g/mol. The minimum absolute atomic E-state index is 0.0913. The van der Waals surface area contributed by atoms with Crippen molar-refractivity contribution in [2.75, 3.05) is 6.61 Å². The fraction of sp³-hybridized carbons (Fsp3) is 0.211. The zero-order valence-corrected chi connectivity index (χ0v) is 17.0. The van der Waals surface area contributed by atoms with E-state index in [-0.39, 0.29) is 5.25 Å². The highest BCUT2D eigenvalue weighted by Gasteiger charge is 2.27. The summed E-state index contributed by atoms with van der Waals surface area (Å²) in [5.74, 6) is 1.50. The Morgan fingerprint density at radius 3 is 2.59 bits per heavy atom. The van der Waals surface area contributed by atoms with E-state index in [1.165, 1.54) is 0 Å². The number of benzene rings is 2. The zero-order valence-electron chi connectivity index (χ0n) is 14.7. The molecule has 0 fully saturated rings. The summed E-state index contributed by atoms with van der Waals surface area (Å²) in [5, 5.41) is 15.5. The SMILES string of the molecule is CCOc1ccc(-c2nnc3n2N=C(c2ccc(Cl)cc2Cl)C(C)S3)cc1. The molecule has 3 aromatic rings. The molecule has 8 heteroatoms. The topological polar surface area (TPSA) is 52.3 Å². The standard InChI is InChI=1S/C19H16Cl2N4OS/c1-3-26-14-7-4-12(5-8-14)18-22-23-19-25(18)24-17(11(2)27-19)15-9-6-13(20)10-16(15)21/h4-11H,3H2,1-2H3. The first-order valence-corrected chi connectivity index (χ1v) is 10.1. The summed E-state index contributed by atoms with van der Waals surface area (Å²) in [6, 6.07) is 13.2. The average Bonchev–Trinajstić information content (AvgIpc) is 3.05. The minimum Gasteiger partial charge on any atom is -0.494 e. The molecular formula is C19H16Cl2N4OS. The highest BCUT2D eigenvalue weighted by molar-refractivity contribution is 8.00. The molecule has 1 aliphatic rings. The number of hydrogen-bond acceptors (Lipinski definition) is 5. The summed E-state index contributed by atoms with van der Waals surface area (Å²) in [7, 11) is 0. The fourth-order valence-corrected chi connectivity index (χ4v) is 4.27. The van der Waals surface area contributed by atoms with Gasteiger partial charge in [-0.2, -0.15) is 9.78 Å². The maximum absolute atomic E-state index is 6.40. The third-order valence-electron chi connectivity index (χ3n) is 4.12. The second-order valence-electron chi connectivity index (χ2n) is 5.94. The highest BCUT2D eigenvalue weighted by Crippen LogP contribution is 2.35. The molecule has 1 atom stereocenters. The lowest BCUT2D eigenvalue weighted by Gasteiger charge is -2.20. The summed E-state index contributed by atoms with van der Waals surface area (Å²) < 4.78 is 7.27. The average molecular weight is 419 g/mol. The van der Waals surface area contributed by atoms with Gasteiger partial charge in [-0.05, 0) is 50.2 Å². The molecule has 0 saturated heterocycles. The molecule has 138 valence electrons. The molecule has 0 saturated carbocycles. The van der Waals surface area contributed by atoms with Crippen molar-refractivity contribution in [3.63, 3.8) is 0 Å². The first-order valence-electron chi connectivity index (χ1n) is 8.46. The molecule has 0 radical (unpaired) electrons. The van der Waals surface area contributed by atoms with Gasteiger partial charge in [-0.1, -0.05) is 41.0 Å². The van der Waals surface area contributed by atoms with Crippen LogP contribution in [0.15, 0.2) is 52.7 Å². The van der Waals surface area contributed by atoms with Gasteiger partial charge in [-0.3, -0.25) is 0 Å². The Hall–Kier alpha value is -2.02. The van der Waals surface area contributed by atoms with Gasteiger partial charge >= 0.3 is 0 Å². The highest BCUT2D eigenvalue weighted by atomic mass is 35.5. The van der Waals surface area contributed by atoms with Crippen LogP contribution in [0.2, 0.25) is 10.0 Å². The normalized spacial score (nSPS) is 16.0. The van der Waals surface area contributed by atoms with Crippen LogP contribution >= 0.6 is 35.0 Å². The molecule has 0 spiro atoms. The van der Waals surface area contributed by atoms with Gasteiger partial charge in [0.25, 0.3) is 0 Å². The molecule has 4 rings (SSSR count). The fourth-order valence-electron chi connectivity index (χ4n) is 2.85. The van der Waals surface area contributed by atoms with E-state index >= 15 is 0 Å². The molecule has 2 aromatic carbocycles. The largest absolute Gasteiger partial charge is 0.494 e. The summed E-state index contributed by atoms with van der Waals surface area (Å²) in [6.07, 6.45) is 0. The Morgan fingerprint density at radius 1 is 1.11 bits per heavy atom. The van der Waals surface area contributed by atoms with Gasteiger partial charge in [0.05, 0.1) is 22.6 Å². The molecule has 1 aliphatic heterocycles. The van der Waals surface area contributed by atoms with Crippen molar-refractivity contribution < 1.29 is 4.74 Å². The van der Waals surface area contributed by atoms with Crippen molar-refractivity contribution in [2.45, 2.75) is 24.3 Å². The number of nitrogens with zero attached hydrogens (tertiary/aromatic N) is 4. The van der Waals surface area contributed by atoms with E-state index in [2.05, 4.69) is 17.1 Å². The maximum Gasteiger partial charge on any atom is 0.213 e. The molecule has 2 heterocycles. The third-order valence-corrected chi connectivity index (χ3v) is 5.71. The van der Waals surface area contributed by atoms with Gasteiger partial charge in [0.1, 0.15) is 5.75 Å². The van der Waals surface area contributed by atoms with E-state index in [0.717, 1.165) is 27.7 Å². The Balaban J connectivity index is 1.76. The van der Waals surface area contributed by atoms with Crippen LogP contribution < -0.4 is 4.74 Å². The van der Waals surface area contributed by atoms with Crippen LogP contribution in [0.1, 0.15) is 19.4 Å². The number of ether oxygens (including phenoxy) is 1. The van der Waals surface area contributed by atoms with Crippen LogP contribution in [0.4, 0.5) is 0 Å². The summed E-state index contributed by atoms with van der Waals surface area (Å²) in [4.78, 5) is 0. The second-order valence-corrected chi connectivity index (χ2v) is 8.10. The summed E-state index contributed by atoms with van der Waals surface area (Å²) >= 11 is 14.0. The summed E-state index contributed by atoms with van der Waals surface area (Å²) in [5.41, 5.74) is 2.64. The van der Waals surface area contributed by atoms with E-state index in [4.69, 9.17) is 33.0 Å². The third kappa shape index (κ3) is 3.57. The molecule has 27 heavy (non-hydrogen) atoms. The molecule has 1 unspecified atom stereocenters. The maximum atomic E-state index is 6.40. The Labute approximate surface area is 171 Å². The lowest BCUT2D eigenvalue weighted by molar-refractivity contribution is 0.340. The number of thioether (sulfide) groups is 1. The Bertz CT molecular complexity index is 1020. The zero-order chi connectivity index (χ0) is 19.0. The Kier molecular flexibility index (Phi) is 5.12. The minimum atomic E-state index is 0.0913. The number of aromatic nitrogens is 3. The molecule has 5 nitrogen and oxygen atoms in total. The van der Waals surface area contributed by atoms with Crippen molar-refractivity contribution in [1.82, 2.24) is 14.9 Å². The number of fused-ring (bicyclic) bond motifs is 1. The van der Waals surface area contributed by atoms with E-state index in [9.17, 15) is 0 Å². The lowest BCUT2D eigenvalue weighted by atomic mass is 10.1. The van der Waals surface area contributed by atoms with E-state index < -0.39 is 0 Å². The summed E-state index contributed by atoms with van der Waals surface area (Å²) in [6.45, 7) is 4.66. The molecule has 0 aliphatic carbocycles. The van der Waals surface area contributed by atoms with Gasteiger partial charge in [-0.15, -0.1) is 10.2 Å². The van der Waals surface area contributed by atoms with Gasteiger partial charge in [0.2, 0.25) is 5.16 Å². The smallest absolute Gasteiger partial charge is 0.213 e. The lowest BCUT2D eigenvalue weighted by Crippen LogP contribution is -2.22. The Morgan fingerprint density at radius 2 is 1.89 bits per heavy atom. The van der Waals surface area contributed by atoms with Gasteiger partial charge in [0, 0.05) is 16.1 Å². The van der Waals surface area contributed by atoms with Crippen molar-refractivity contribution in [3.05, 3.63) is 58.1 Å². The predicted octanol–water partition coefficient (Wildman–Crippen LogP) is 5.40. The van der Waals surface area contributed by atoms with Crippen molar-refractivity contribution in [2.24, 2.45) is 5.10 Å². The van der Waals surface area contributed by atoms with Crippen LogP contribution in [0.25, 0.3) is 11.4 Å². The molecule has 1 aromatic heterocycles. The van der Waals surface area contributed by atoms with Gasteiger partial charge in [-0.25, -0.2) is 0 Å². The number of halogens is 2. The second kappa shape index (κ2) is 7.54. The van der Waals surface area contributed by atoms with Crippen molar-refractivity contribution in [3.8, 4) is 17.1 Å². The quantitative estimate of drug-likeness (QED) is 0.569. The van der Waals surface area contributed by atoms with Gasteiger partial charge < -0.3 is 4.74 Å². The van der Waals surface area contributed by atoms with Crippen LogP contribution in [-0.2, 0) is 0 Å². The van der Waals surface area contributed by atoms with Crippen LogP contribution in [0.5, 0.6) is 5.75 Å². The molecule has 0 bridgehead atoms. The number of hydrogen-bond donors (Lipinski definition) is 0. The van der Waals surface area contributed by atoms with Gasteiger partial charge in [0.15, 0.2) is 5.82 Å². The molecular weight excluding hydrogens is 403 g/mol.